The SMILES string of the molecule is COC(=O)c1ccc(NC(=O)N2CC3CC(O)(c4ccc(C(C)(C)C)cc4)C[C@@H]3C2)cc1. The number of carbonyl (C=O) groups is 2. The summed E-state index contributed by atoms with van der Waals surface area (Å²) in [4.78, 5) is 26.1. The number of carbonyl (C=O) groups excluding carboxylic acids is 2. The van der Waals surface area contributed by atoms with Gasteiger partial charge in [0.15, 0.2) is 0 Å². The van der Waals surface area contributed by atoms with Crippen molar-refractivity contribution in [3.63, 3.8) is 0 Å². The minimum absolute atomic E-state index is 0.0842. The monoisotopic (exact) mass is 436 g/mol. The van der Waals surface area contributed by atoms with Gasteiger partial charge in [0.2, 0.25) is 0 Å². The van der Waals surface area contributed by atoms with Crippen LogP contribution in [0.3, 0.4) is 0 Å². The lowest BCUT2D eigenvalue weighted by Crippen LogP contribution is -2.35. The van der Waals surface area contributed by atoms with Gasteiger partial charge in [0, 0.05) is 18.8 Å². The van der Waals surface area contributed by atoms with E-state index in [1.165, 1.54) is 12.7 Å². The van der Waals surface area contributed by atoms with E-state index >= 15 is 0 Å². The summed E-state index contributed by atoms with van der Waals surface area (Å²) in [5, 5.41) is 14.3. The predicted molar refractivity (Wildman–Crippen MR) is 124 cm³/mol. The number of hydrogen-bond acceptors (Lipinski definition) is 4. The van der Waals surface area contributed by atoms with Crippen LogP contribution in [0.4, 0.5) is 10.5 Å². The lowest BCUT2D eigenvalue weighted by Gasteiger charge is -2.28. The highest BCUT2D eigenvalue weighted by atomic mass is 16.5. The van der Waals surface area contributed by atoms with E-state index in [4.69, 9.17) is 4.74 Å². The summed E-state index contributed by atoms with van der Waals surface area (Å²) in [7, 11) is 1.34. The summed E-state index contributed by atoms with van der Waals surface area (Å²) in [5.74, 6) is 0.167. The molecule has 2 amide bonds. The molecule has 0 bridgehead atoms. The van der Waals surface area contributed by atoms with Crippen LogP contribution in [0, 0.1) is 11.8 Å². The van der Waals surface area contributed by atoms with Gasteiger partial charge in [-0.2, -0.15) is 0 Å². The van der Waals surface area contributed by atoms with Crippen molar-refractivity contribution in [3.05, 3.63) is 65.2 Å². The first-order chi connectivity index (χ1) is 15.1. The number of urea groups is 1. The number of nitrogens with one attached hydrogen (secondary N) is 1. The molecule has 2 aromatic rings. The van der Waals surface area contributed by atoms with Crippen LogP contribution in [0.1, 0.15) is 55.1 Å². The van der Waals surface area contributed by atoms with Gasteiger partial charge in [-0.05, 0) is 65.5 Å². The number of rotatable bonds is 3. The van der Waals surface area contributed by atoms with Gasteiger partial charge in [-0.1, -0.05) is 45.0 Å². The standard InChI is InChI=1S/C26H32N2O4/c1-25(2,3)20-7-9-21(10-8-20)26(31)13-18-15-28(16-19(18)14-26)24(30)27-22-11-5-17(6-12-22)23(29)32-4/h5-12,18-19,31H,13-16H2,1-4H3,(H,27,30)/t18-,19?,26?/m1/s1. The Morgan fingerprint density at radius 1 is 1.00 bits per heavy atom. The Kier molecular flexibility index (Phi) is 5.76. The minimum Gasteiger partial charge on any atom is -0.465 e. The van der Waals surface area contributed by atoms with Crippen molar-refractivity contribution >= 4 is 17.7 Å². The summed E-state index contributed by atoms with van der Waals surface area (Å²) in [6.45, 7) is 7.83. The van der Waals surface area contributed by atoms with Crippen molar-refractivity contribution in [2.45, 2.75) is 44.6 Å². The maximum absolute atomic E-state index is 12.7. The number of esters is 1. The first-order valence-electron chi connectivity index (χ1n) is 11.2. The first-order valence-corrected chi connectivity index (χ1v) is 11.2. The van der Waals surface area contributed by atoms with Gasteiger partial charge in [0.25, 0.3) is 0 Å². The van der Waals surface area contributed by atoms with Gasteiger partial charge in [-0.25, -0.2) is 9.59 Å². The fraction of sp³-hybridized carbons (Fsp3) is 0.462. The van der Waals surface area contributed by atoms with Crippen LogP contribution < -0.4 is 5.32 Å². The number of fused-ring (bicyclic) bond motifs is 1. The molecule has 2 fully saturated rings. The van der Waals surface area contributed by atoms with Crippen LogP contribution in [-0.2, 0) is 15.8 Å². The third-order valence-corrected chi connectivity index (χ3v) is 6.91. The molecular weight excluding hydrogens is 404 g/mol. The average Bonchev–Trinajstić information content (AvgIpc) is 3.29. The molecule has 1 aliphatic carbocycles. The lowest BCUT2D eigenvalue weighted by atomic mass is 9.84. The van der Waals surface area contributed by atoms with Gasteiger partial charge in [0.05, 0.1) is 18.3 Å². The summed E-state index contributed by atoms with van der Waals surface area (Å²) in [6, 6.07) is 14.9. The fourth-order valence-electron chi connectivity index (χ4n) is 5.04. The average molecular weight is 437 g/mol. The molecule has 6 heteroatoms. The minimum atomic E-state index is -0.821. The topological polar surface area (TPSA) is 78.9 Å². The van der Waals surface area contributed by atoms with E-state index in [9.17, 15) is 14.7 Å². The van der Waals surface area contributed by atoms with Crippen molar-refractivity contribution in [3.8, 4) is 0 Å². The second-order valence-electron chi connectivity index (χ2n) is 10.2. The summed E-state index contributed by atoms with van der Waals surface area (Å²) < 4.78 is 4.70. The van der Waals surface area contributed by atoms with Gasteiger partial charge in [-0.3, -0.25) is 0 Å². The zero-order valence-corrected chi connectivity index (χ0v) is 19.2. The molecule has 1 saturated carbocycles. The Bertz CT molecular complexity index is 978. The molecule has 2 aliphatic rings. The Labute approximate surface area is 189 Å². The molecule has 2 aromatic carbocycles. The maximum Gasteiger partial charge on any atom is 0.337 e. The smallest absolute Gasteiger partial charge is 0.337 e. The molecule has 2 N–H and O–H groups in total. The molecule has 0 aromatic heterocycles. The van der Waals surface area contributed by atoms with E-state index in [1.807, 2.05) is 4.90 Å². The number of amides is 2. The van der Waals surface area contributed by atoms with Crippen LogP contribution in [0.2, 0.25) is 0 Å². The first kappa shape index (κ1) is 22.3. The van der Waals surface area contributed by atoms with E-state index < -0.39 is 11.6 Å². The summed E-state index contributed by atoms with van der Waals surface area (Å²) >= 11 is 0. The van der Waals surface area contributed by atoms with E-state index in [0.29, 0.717) is 37.2 Å². The second kappa shape index (κ2) is 8.24. The van der Waals surface area contributed by atoms with Crippen molar-refractivity contribution in [2.75, 3.05) is 25.5 Å². The molecule has 1 saturated heterocycles. The largest absolute Gasteiger partial charge is 0.465 e. The van der Waals surface area contributed by atoms with Crippen molar-refractivity contribution in [1.29, 1.82) is 0 Å². The lowest BCUT2D eigenvalue weighted by molar-refractivity contribution is 0.0328. The quantitative estimate of drug-likeness (QED) is 0.693. The van der Waals surface area contributed by atoms with Gasteiger partial charge < -0.3 is 20.1 Å². The van der Waals surface area contributed by atoms with E-state index in [0.717, 1.165) is 5.56 Å². The zero-order chi connectivity index (χ0) is 23.1. The second-order valence-corrected chi connectivity index (χ2v) is 10.2. The molecule has 3 atom stereocenters. The third kappa shape index (κ3) is 4.37. The number of aliphatic hydroxyl groups is 1. The van der Waals surface area contributed by atoms with Crippen LogP contribution in [0.5, 0.6) is 0 Å². The summed E-state index contributed by atoms with van der Waals surface area (Å²) in [5.41, 5.74) is 2.57. The van der Waals surface area contributed by atoms with Crippen LogP contribution in [0.15, 0.2) is 48.5 Å². The van der Waals surface area contributed by atoms with E-state index in [1.54, 1.807) is 24.3 Å². The molecule has 6 nitrogen and oxygen atoms in total. The normalized spacial score (nSPS) is 24.8. The van der Waals surface area contributed by atoms with Crippen molar-refractivity contribution in [1.82, 2.24) is 4.90 Å². The maximum atomic E-state index is 12.7. The number of nitrogens with zero attached hydrogens (tertiary/aromatic N) is 1. The Morgan fingerprint density at radius 2 is 1.56 bits per heavy atom. The number of hydrogen-bond donors (Lipinski definition) is 2. The highest BCUT2D eigenvalue weighted by molar-refractivity contribution is 5.92. The molecular formula is C26H32N2O4. The molecule has 1 heterocycles. The highest BCUT2D eigenvalue weighted by Crippen LogP contribution is 2.49. The van der Waals surface area contributed by atoms with Crippen LogP contribution in [0.25, 0.3) is 0 Å². The fourth-order valence-corrected chi connectivity index (χ4v) is 5.04. The van der Waals surface area contributed by atoms with E-state index in [-0.39, 0.29) is 23.3 Å². The predicted octanol–water partition coefficient (Wildman–Crippen LogP) is 4.53. The molecule has 32 heavy (non-hydrogen) atoms. The zero-order valence-electron chi connectivity index (χ0n) is 19.2. The Hall–Kier alpha value is -2.86. The molecule has 1 aliphatic heterocycles. The van der Waals surface area contributed by atoms with Gasteiger partial charge >= 0.3 is 12.0 Å². The Balaban J connectivity index is 1.36. The van der Waals surface area contributed by atoms with Gasteiger partial charge in [0.1, 0.15) is 0 Å². The molecule has 4 rings (SSSR count). The number of benzene rings is 2. The highest BCUT2D eigenvalue weighted by Gasteiger charge is 2.49. The number of ether oxygens (including phenoxy) is 1. The Morgan fingerprint density at radius 3 is 2.06 bits per heavy atom. The molecule has 170 valence electrons. The van der Waals surface area contributed by atoms with Crippen molar-refractivity contribution < 1.29 is 19.4 Å². The molecule has 0 radical (unpaired) electrons. The number of methoxy groups -OCH3 is 1. The van der Waals surface area contributed by atoms with Crippen molar-refractivity contribution in [2.24, 2.45) is 11.8 Å². The van der Waals surface area contributed by atoms with Crippen LogP contribution in [-0.4, -0.2) is 42.2 Å². The number of anilines is 1. The summed E-state index contributed by atoms with van der Waals surface area (Å²) in [6.07, 6.45) is 1.34. The number of likely N-dealkylation sites (tertiary alicyclic amines) is 1. The molecule has 2 unspecified atom stereocenters. The van der Waals surface area contributed by atoms with Crippen LogP contribution >= 0.6 is 0 Å². The van der Waals surface area contributed by atoms with E-state index in [2.05, 4.69) is 50.4 Å². The van der Waals surface area contributed by atoms with Gasteiger partial charge in [-0.15, -0.1) is 0 Å². The molecule has 0 spiro atoms. The third-order valence-electron chi connectivity index (χ3n) is 6.91.